The van der Waals surface area contributed by atoms with Crippen molar-refractivity contribution >= 4 is 14.0 Å². The van der Waals surface area contributed by atoms with Crippen molar-refractivity contribution in [1.82, 2.24) is 0 Å². The fraction of sp³-hybridized carbons (Fsp3) is 0.536. The molecular formula is C28H44O5Si. The topological polar surface area (TPSA) is 54.0 Å². The van der Waals surface area contributed by atoms with E-state index in [1.54, 1.807) is 14.0 Å². The number of esters is 1. The summed E-state index contributed by atoms with van der Waals surface area (Å²) in [4.78, 5) is 11.5. The van der Waals surface area contributed by atoms with Crippen molar-refractivity contribution in [2.24, 2.45) is 0 Å². The second-order valence-corrected chi connectivity index (χ2v) is 14.5. The number of rotatable bonds is 17. The van der Waals surface area contributed by atoms with Gasteiger partial charge in [0.25, 0.3) is 0 Å². The molecule has 0 amide bonds. The Labute approximate surface area is 207 Å². The zero-order chi connectivity index (χ0) is 25.2. The fourth-order valence-electron chi connectivity index (χ4n) is 3.29. The Hall–Kier alpha value is -1.99. The van der Waals surface area contributed by atoms with Crippen LogP contribution in [0.25, 0.3) is 0 Å². The van der Waals surface area contributed by atoms with E-state index >= 15 is 0 Å². The quantitative estimate of drug-likeness (QED) is 0.0616. The van der Waals surface area contributed by atoms with Crippen LogP contribution in [-0.2, 0) is 30.3 Å². The lowest BCUT2D eigenvalue weighted by Gasteiger charge is -2.22. The molecule has 0 saturated carbocycles. The van der Waals surface area contributed by atoms with Crippen LogP contribution in [0.15, 0.2) is 65.4 Å². The van der Waals surface area contributed by atoms with E-state index in [0.717, 1.165) is 38.7 Å². The highest BCUT2D eigenvalue weighted by Crippen LogP contribution is 2.20. The molecule has 34 heavy (non-hydrogen) atoms. The summed E-state index contributed by atoms with van der Waals surface area (Å²) in [6, 6.07) is 10.3. The number of ether oxygens (including phenoxy) is 4. The number of hydrogen-bond donors (Lipinski definition) is 0. The molecule has 6 heteroatoms. The van der Waals surface area contributed by atoms with Crippen molar-refractivity contribution in [3.63, 3.8) is 0 Å². The van der Waals surface area contributed by atoms with Gasteiger partial charge in [0.2, 0.25) is 0 Å². The molecule has 1 rings (SSSR count). The van der Waals surface area contributed by atoms with Crippen LogP contribution in [0.4, 0.5) is 0 Å². The predicted molar refractivity (Wildman–Crippen MR) is 142 cm³/mol. The first-order chi connectivity index (χ1) is 16.3. The minimum absolute atomic E-state index is 0.0210. The van der Waals surface area contributed by atoms with Gasteiger partial charge in [-0.3, -0.25) is 0 Å². The molecule has 0 bridgehead atoms. The summed E-state index contributed by atoms with van der Waals surface area (Å²) in [5, 5.41) is 1.38. The lowest BCUT2D eigenvalue weighted by Crippen LogP contribution is -2.25. The summed E-state index contributed by atoms with van der Waals surface area (Å²) in [6.45, 7) is 10.5. The maximum Gasteiger partial charge on any atom is 0.333 e. The monoisotopic (exact) mass is 488 g/mol. The molecule has 190 valence electrons. The molecule has 1 atom stereocenters. The molecule has 5 nitrogen and oxygen atoms in total. The van der Waals surface area contributed by atoms with Crippen molar-refractivity contribution < 1.29 is 23.7 Å². The van der Waals surface area contributed by atoms with Gasteiger partial charge in [-0.05, 0) is 44.6 Å². The van der Waals surface area contributed by atoms with E-state index in [4.69, 9.17) is 18.9 Å². The number of unbranched alkanes of at least 4 members (excludes halogenated alkanes) is 2. The van der Waals surface area contributed by atoms with Crippen LogP contribution in [0.5, 0.6) is 0 Å². The van der Waals surface area contributed by atoms with Crippen molar-refractivity contribution in [3.05, 3.63) is 71.0 Å². The summed E-state index contributed by atoms with van der Waals surface area (Å²) in [5.41, 5.74) is 1.85. The van der Waals surface area contributed by atoms with Crippen LogP contribution in [0.1, 0.15) is 44.6 Å². The highest BCUT2D eigenvalue weighted by Gasteiger charge is 2.19. The van der Waals surface area contributed by atoms with E-state index < -0.39 is 8.07 Å². The predicted octanol–water partition coefficient (Wildman–Crippen LogP) is 6.62. The summed E-state index contributed by atoms with van der Waals surface area (Å²) in [7, 11) is 1.50. The molecule has 1 aromatic carbocycles. The van der Waals surface area contributed by atoms with Crippen LogP contribution < -0.4 is 0 Å². The molecule has 0 aliphatic carbocycles. The molecule has 0 radical (unpaired) electrons. The highest BCUT2D eigenvalue weighted by atomic mass is 28.3. The average molecular weight is 489 g/mol. The normalized spacial score (nSPS) is 13.9. The minimum Gasteiger partial charge on any atom is -0.466 e. The van der Waals surface area contributed by atoms with E-state index in [1.165, 1.54) is 17.9 Å². The van der Waals surface area contributed by atoms with Gasteiger partial charge in [0, 0.05) is 19.3 Å². The Kier molecular flexibility index (Phi) is 15.4. The standard InChI is InChI=1S/C28H44O5Si/c1-24(28(29)31-3)15-12-13-18-26(33-23-30-2)21-27(34(4,5)6)19-11-8-14-20-32-22-25-16-9-7-10-17-25/h7,9-11,15-17,19,21,26H,8,12-14,18,20,22-23H2,1-6H3/b19-11+,24-15+,27-21-. The van der Waals surface area contributed by atoms with E-state index in [9.17, 15) is 4.79 Å². The van der Waals surface area contributed by atoms with Crippen LogP contribution in [0.3, 0.4) is 0 Å². The van der Waals surface area contributed by atoms with E-state index in [2.05, 4.69) is 50.0 Å². The summed E-state index contributed by atoms with van der Waals surface area (Å²) in [6.07, 6.45) is 13.3. The number of carbonyl (C=O) groups excluding carboxylic acids is 1. The van der Waals surface area contributed by atoms with E-state index in [1.807, 2.05) is 24.3 Å². The third-order valence-corrected chi connectivity index (χ3v) is 7.42. The number of benzene rings is 1. The smallest absolute Gasteiger partial charge is 0.333 e. The van der Waals surface area contributed by atoms with Crippen LogP contribution >= 0.6 is 0 Å². The Morgan fingerprint density at radius 3 is 2.44 bits per heavy atom. The third-order valence-electron chi connectivity index (χ3n) is 5.35. The molecule has 0 N–H and O–H groups in total. The molecule has 0 fully saturated rings. The first-order valence-corrected chi connectivity index (χ1v) is 15.6. The largest absolute Gasteiger partial charge is 0.466 e. The molecule has 0 aliphatic rings. The first-order valence-electron chi connectivity index (χ1n) is 12.1. The number of methoxy groups -OCH3 is 2. The van der Waals surface area contributed by atoms with Gasteiger partial charge in [-0.2, -0.15) is 0 Å². The summed E-state index contributed by atoms with van der Waals surface area (Å²) < 4.78 is 21.6. The van der Waals surface area contributed by atoms with Gasteiger partial charge in [-0.1, -0.05) is 79.5 Å². The average Bonchev–Trinajstić information content (AvgIpc) is 2.82. The van der Waals surface area contributed by atoms with Gasteiger partial charge in [-0.15, -0.1) is 0 Å². The van der Waals surface area contributed by atoms with Crippen molar-refractivity contribution in [2.45, 2.75) is 71.4 Å². The number of carbonyl (C=O) groups is 1. The number of hydrogen-bond acceptors (Lipinski definition) is 5. The molecule has 1 aromatic rings. The van der Waals surface area contributed by atoms with Crippen LogP contribution in [0, 0.1) is 0 Å². The Bertz CT molecular complexity index is 778. The molecular weight excluding hydrogens is 444 g/mol. The van der Waals surface area contributed by atoms with Crippen molar-refractivity contribution in [1.29, 1.82) is 0 Å². The maximum absolute atomic E-state index is 11.5. The van der Waals surface area contributed by atoms with Gasteiger partial charge in [-0.25, -0.2) is 4.79 Å². The summed E-state index contributed by atoms with van der Waals surface area (Å²) in [5.74, 6) is -0.274. The zero-order valence-electron chi connectivity index (χ0n) is 22.0. The molecule has 0 spiro atoms. The van der Waals surface area contributed by atoms with E-state index in [0.29, 0.717) is 12.2 Å². The molecule has 0 aromatic heterocycles. The van der Waals surface area contributed by atoms with Gasteiger partial charge >= 0.3 is 5.97 Å². The highest BCUT2D eigenvalue weighted by molar-refractivity contribution is 6.83. The van der Waals surface area contributed by atoms with Crippen LogP contribution in [0.2, 0.25) is 19.6 Å². The number of allylic oxidation sites excluding steroid dienone is 4. The Morgan fingerprint density at radius 2 is 1.79 bits per heavy atom. The first kappa shape index (κ1) is 30.0. The van der Waals surface area contributed by atoms with E-state index in [-0.39, 0.29) is 18.9 Å². The minimum atomic E-state index is -1.54. The third kappa shape index (κ3) is 13.7. The second kappa shape index (κ2) is 17.4. The molecule has 1 unspecified atom stereocenters. The van der Waals surface area contributed by atoms with Gasteiger partial charge in [0.05, 0.1) is 27.9 Å². The van der Waals surface area contributed by atoms with Gasteiger partial charge in [0.1, 0.15) is 6.79 Å². The zero-order valence-corrected chi connectivity index (χ0v) is 23.0. The lowest BCUT2D eigenvalue weighted by molar-refractivity contribution is -0.136. The fourth-order valence-corrected chi connectivity index (χ4v) is 4.59. The Balaban J connectivity index is 2.60. The summed E-state index contributed by atoms with van der Waals surface area (Å²) >= 11 is 0. The molecule has 0 saturated heterocycles. The van der Waals surface area contributed by atoms with Crippen LogP contribution in [-0.4, -0.2) is 47.8 Å². The Morgan fingerprint density at radius 1 is 1.06 bits per heavy atom. The van der Waals surface area contributed by atoms with Gasteiger partial charge in [0.15, 0.2) is 0 Å². The van der Waals surface area contributed by atoms with Crippen molar-refractivity contribution in [3.8, 4) is 0 Å². The van der Waals surface area contributed by atoms with Crippen molar-refractivity contribution in [2.75, 3.05) is 27.6 Å². The SMILES string of the molecule is COCOC(/C=C(/C=C/CCCOCc1ccccc1)[Si](C)(C)C)CCC/C=C(\C)C(=O)OC. The lowest BCUT2D eigenvalue weighted by atomic mass is 10.1. The molecule has 0 heterocycles. The van der Waals surface area contributed by atoms with Gasteiger partial charge < -0.3 is 18.9 Å². The molecule has 0 aliphatic heterocycles. The second-order valence-electron chi connectivity index (χ2n) is 9.38. The maximum atomic E-state index is 11.5.